The van der Waals surface area contributed by atoms with Gasteiger partial charge in [-0.3, -0.25) is 18.4 Å². The molecule has 0 unspecified atom stereocenters. The quantitative estimate of drug-likeness (QED) is 0.0902. The van der Waals surface area contributed by atoms with Crippen LogP contribution in [0.1, 0.15) is 27.7 Å². The largest absolute Gasteiger partial charge is 0.378 e. The summed E-state index contributed by atoms with van der Waals surface area (Å²) in [6.07, 6.45) is 0. The van der Waals surface area contributed by atoms with Crippen LogP contribution >= 0.6 is 0 Å². The van der Waals surface area contributed by atoms with Crippen molar-refractivity contribution in [1.29, 1.82) is 0 Å². The predicted molar refractivity (Wildman–Crippen MR) is 201 cm³/mol. The van der Waals surface area contributed by atoms with Crippen LogP contribution in [0.5, 0.6) is 5.75 Å². The van der Waals surface area contributed by atoms with Crippen LogP contribution in [-0.2, 0) is 10.1 Å². The van der Waals surface area contributed by atoms with Gasteiger partial charge in [-0.25, -0.2) is 9.97 Å². The average Bonchev–Trinajstić information content (AvgIpc) is 3.73. The molecule has 242 valence electrons. The Morgan fingerprint density at radius 1 is 0.520 bits per heavy atom. The van der Waals surface area contributed by atoms with Crippen molar-refractivity contribution in [1.82, 2.24) is 18.8 Å². The standard InChI is InChI=1S/C36H14N4O5S.2C2H6/c41-35-19-13-25-31-29-15(9-11-17(27(19)29)33-37-21-5-1-3-7-23(21)39(33)35)16-10-12-18-28-20(14-26(32(31)30(16)28)46(43,44)45-25)36(42)40-24-8-4-2-6-22(24)38-34(18)40;2*1-2/h1-14H;2*1-2H3. The highest BCUT2D eigenvalue weighted by Gasteiger charge is 2.35. The summed E-state index contributed by atoms with van der Waals surface area (Å²) in [5.41, 5.74) is 3.08. The molecule has 0 bridgehead atoms. The van der Waals surface area contributed by atoms with Gasteiger partial charge >= 0.3 is 10.1 Å². The van der Waals surface area contributed by atoms with Crippen LogP contribution in [0.3, 0.4) is 0 Å². The number of imidazole rings is 2. The molecule has 1 aliphatic rings. The molecule has 0 amide bonds. The van der Waals surface area contributed by atoms with Crippen molar-refractivity contribution >= 4 is 108 Å². The highest BCUT2D eigenvalue weighted by atomic mass is 32.2. The van der Waals surface area contributed by atoms with Gasteiger partial charge in [0.1, 0.15) is 16.2 Å². The first-order chi connectivity index (χ1) is 24.4. The topological polar surface area (TPSA) is 112 Å². The molecule has 10 heteroatoms. The molecule has 0 radical (unpaired) electrons. The predicted octanol–water partition coefficient (Wildman–Crippen LogP) is 8.37. The van der Waals surface area contributed by atoms with Gasteiger partial charge in [0.2, 0.25) is 0 Å². The van der Waals surface area contributed by atoms with Gasteiger partial charge in [0.25, 0.3) is 11.1 Å². The zero-order valence-corrected chi connectivity index (χ0v) is 28.1. The highest BCUT2D eigenvalue weighted by Crippen LogP contribution is 2.52. The van der Waals surface area contributed by atoms with Crippen molar-refractivity contribution in [3.63, 3.8) is 0 Å². The fourth-order valence-electron chi connectivity index (χ4n) is 8.23. The van der Waals surface area contributed by atoms with Gasteiger partial charge in [-0.05, 0) is 59.3 Å². The van der Waals surface area contributed by atoms with E-state index in [0.29, 0.717) is 65.7 Å². The van der Waals surface area contributed by atoms with Crippen LogP contribution in [0.4, 0.5) is 0 Å². The molecule has 0 saturated heterocycles. The van der Waals surface area contributed by atoms with E-state index in [1.54, 1.807) is 14.9 Å². The normalized spacial score (nSPS) is 13.8. The number of nitrogens with zero attached hydrogens (tertiary/aromatic N) is 4. The molecule has 4 aromatic heterocycles. The SMILES string of the molecule is CC.CC.O=c1c2cc3c4c5c(cc6c(=O)n7c8ccccc8nc7c7ccc(c8ccc(c2c84)c2nc4ccccc4n12)c5c67)S(=O)(=O)O3. The first-order valence-corrected chi connectivity index (χ1v) is 18.1. The van der Waals surface area contributed by atoms with E-state index in [1.165, 1.54) is 6.07 Å². The lowest BCUT2D eigenvalue weighted by Crippen LogP contribution is -2.19. The van der Waals surface area contributed by atoms with Crippen molar-refractivity contribution in [3.05, 3.63) is 106 Å². The van der Waals surface area contributed by atoms with Crippen molar-refractivity contribution in [2.24, 2.45) is 0 Å². The Kier molecular flexibility index (Phi) is 5.49. The summed E-state index contributed by atoms with van der Waals surface area (Å²) >= 11 is 0. The highest BCUT2D eigenvalue weighted by molar-refractivity contribution is 7.87. The molecule has 11 aromatic rings. The van der Waals surface area contributed by atoms with Gasteiger partial charge in [-0.2, -0.15) is 8.42 Å². The van der Waals surface area contributed by atoms with E-state index < -0.39 is 10.1 Å². The zero-order valence-electron chi connectivity index (χ0n) is 27.3. The maximum Gasteiger partial charge on any atom is 0.339 e. The number of benzene rings is 7. The fourth-order valence-corrected chi connectivity index (χ4v) is 9.40. The summed E-state index contributed by atoms with van der Waals surface area (Å²) < 4.78 is 36.9. The van der Waals surface area contributed by atoms with Crippen LogP contribution in [0.25, 0.3) is 98.0 Å². The Bertz CT molecular complexity index is 3510. The molecule has 0 fully saturated rings. The Morgan fingerprint density at radius 3 is 1.52 bits per heavy atom. The second-order valence-electron chi connectivity index (χ2n) is 12.1. The molecule has 50 heavy (non-hydrogen) atoms. The van der Waals surface area contributed by atoms with Gasteiger partial charge in [-0.1, -0.05) is 64.1 Å². The monoisotopic (exact) mass is 674 g/mol. The molecule has 0 N–H and O–H groups in total. The summed E-state index contributed by atoms with van der Waals surface area (Å²) in [5, 5.41) is 7.58. The van der Waals surface area contributed by atoms with E-state index in [0.717, 1.165) is 26.9 Å². The van der Waals surface area contributed by atoms with E-state index in [1.807, 2.05) is 100 Å². The smallest absolute Gasteiger partial charge is 0.339 e. The van der Waals surface area contributed by atoms with E-state index in [2.05, 4.69) is 0 Å². The molecular weight excluding hydrogens is 649 g/mol. The molecule has 7 aromatic carbocycles. The Labute approximate surface area is 282 Å². The first-order valence-electron chi connectivity index (χ1n) is 16.7. The maximum atomic E-state index is 14.2. The van der Waals surface area contributed by atoms with E-state index in [9.17, 15) is 18.0 Å². The summed E-state index contributed by atoms with van der Waals surface area (Å²) in [6, 6.07) is 25.8. The first kappa shape index (κ1) is 28.8. The molecule has 0 spiro atoms. The summed E-state index contributed by atoms with van der Waals surface area (Å²) in [6.45, 7) is 8.00. The van der Waals surface area contributed by atoms with E-state index in [-0.39, 0.29) is 27.1 Å². The molecule has 0 saturated carbocycles. The van der Waals surface area contributed by atoms with Crippen LogP contribution < -0.4 is 15.3 Å². The third kappa shape index (κ3) is 3.16. The summed E-state index contributed by atoms with van der Waals surface area (Å²) in [4.78, 5) is 38.1. The molecule has 0 aliphatic carbocycles. The minimum Gasteiger partial charge on any atom is -0.378 e. The average molecular weight is 675 g/mol. The maximum absolute atomic E-state index is 14.2. The van der Waals surface area contributed by atoms with Crippen LogP contribution in [0, 0.1) is 0 Å². The van der Waals surface area contributed by atoms with Gasteiger partial charge in [0.05, 0.1) is 32.8 Å². The Morgan fingerprint density at radius 2 is 0.980 bits per heavy atom. The second-order valence-corrected chi connectivity index (χ2v) is 13.6. The number of hydrogen-bond donors (Lipinski definition) is 0. The van der Waals surface area contributed by atoms with Crippen LogP contribution in [0.2, 0.25) is 0 Å². The van der Waals surface area contributed by atoms with E-state index in [4.69, 9.17) is 14.2 Å². The van der Waals surface area contributed by atoms with Gasteiger partial charge in [-0.15, -0.1) is 0 Å². The fraction of sp³-hybridized carbons (Fsp3) is 0.100. The molecule has 12 rings (SSSR count). The van der Waals surface area contributed by atoms with Gasteiger partial charge < -0.3 is 4.18 Å². The number of aromatic nitrogens is 4. The number of pyridine rings is 2. The Balaban J connectivity index is 0.000000767. The molecule has 0 atom stereocenters. The third-order valence-corrected chi connectivity index (χ3v) is 11.2. The molecular formula is C40H26N4O5S. The second kappa shape index (κ2) is 9.52. The van der Waals surface area contributed by atoms with Gasteiger partial charge in [0, 0.05) is 43.1 Å². The van der Waals surface area contributed by atoms with Crippen molar-refractivity contribution in [2.45, 2.75) is 32.6 Å². The lowest BCUT2D eigenvalue weighted by Gasteiger charge is -2.25. The summed E-state index contributed by atoms with van der Waals surface area (Å²) in [5.74, 6) is 0.0929. The molecule has 9 nitrogen and oxygen atoms in total. The minimum atomic E-state index is -4.37. The minimum absolute atomic E-state index is 0.0668. The van der Waals surface area contributed by atoms with Crippen molar-refractivity contribution < 1.29 is 12.6 Å². The number of hydrogen-bond acceptors (Lipinski definition) is 7. The van der Waals surface area contributed by atoms with Crippen molar-refractivity contribution in [3.8, 4) is 5.75 Å². The Hall–Kier alpha value is -6.13. The number of rotatable bonds is 0. The van der Waals surface area contributed by atoms with Crippen LogP contribution in [-0.4, -0.2) is 27.2 Å². The molecule has 5 heterocycles. The van der Waals surface area contributed by atoms with Crippen molar-refractivity contribution in [2.75, 3.05) is 0 Å². The zero-order chi connectivity index (χ0) is 34.4. The lowest BCUT2D eigenvalue weighted by atomic mass is 9.85. The molecule has 1 aliphatic heterocycles. The third-order valence-electron chi connectivity index (χ3n) is 9.97. The summed E-state index contributed by atoms with van der Waals surface area (Å²) in [7, 11) is -4.37. The lowest BCUT2D eigenvalue weighted by molar-refractivity contribution is 0.488. The van der Waals surface area contributed by atoms with E-state index >= 15 is 0 Å². The van der Waals surface area contributed by atoms with Gasteiger partial charge in [0.15, 0.2) is 5.75 Å². The number of para-hydroxylation sites is 4. The number of fused-ring (bicyclic) bond motifs is 9. The van der Waals surface area contributed by atoms with Crippen LogP contribution in [0.15, 0.2) is 99.4 Å².